The minimum Gasteiger partial charge on any atom is -0.302 e. The molecule has 1 aliphatic rings. The largest absolute Gasteiger partial charge is 0.302 e. The van der Waals surface area contributed by atoms with Gasteiger partial charge in [-0.1, -0.05) is 18.2 Å². The van der Waals surface area contributed by atoms with Crippen LogP contribution in [0.4, 0.5) is 11.4 Å². The molecule has 0 radical (unpaired) electrons. The first-order valence-electron chi connectivity index (χ1n) is 7.75. The monoisotopic (exact) mass is 353 g/mol. The Morgan fingerprint density at radius 1 is 1.12 bits per heavy atom. The highest BCUT2D eigenvalue weighted by Gasteiger charge is 2.41. The fraction of sp³-hybridized carbons (Fsp3) is 0.167. The number of nitrogens with zero attached hydrogens (tertiary/aromatic N) is 3. The number of hydrogen-bond acceptors (Lipinski definition) is 6. The van der Waals surface area contributed by atoms with Crippen molar-refractivity contribution in [1.29, 1.82) is 0 Å². The summed E-state index contributed by atoms with van der Waals surface area (Å²) in [7, 11) is 3.51. The molecule has 26 heavy (non-hydrogen) atoms. The highest BCUT2D eigenvalue weighted by atomic mass is 16.6. The average molecular weight is 353 g/mol. The number of benzene rings is 2. The topological polar surface area (TPSA) is 101 Å². The van der Waals surface area contributed by atoms with Crippen LogP contribution in [-0.4, -0.2) is 48.1 Å². The molecule has 132 valence electrons. The smallest absolute Gasteiger partial charge is 0.283 e. The van der Waals surface area contributed by atoms with Crippen LogP contribution < -0.4 is 4.90 Å². The number of likely N-dealkylation sites (N-methyl/N-ethyl adjacent to an activating group) is 1. The number of amides is 2. The Bertz CT molecular complexity index is 952. The molecule has 0 fully saturated rings. The average Bonchev–Trinajstić information content (AvgIpc) is 2.85. The summed E-state index contributed by atoms with van der Waals surface area (Å²) in [5.74, 6) is -1.58. The number of anilines is 1. The van der Waals surface area contributed by atoms with E-state index in [9.17, 15) is 24.5 Å². The molecule has 0 aromatic heterocycles. The lowest BCUT2D eigenvalue weighted by atomic mass is 10.1. The van der Waals surface area contributed by atoms with Crippen LogP contribution in [0.15, 0.2) is 42.5 Å². The Balaban J connectivity index is 2.03. The predicted molar refractivity (Wildman–Crippen MR) is 93.6 cm³/mol. The lowest BCUT2D eigenvalue weighted by molar-refractivity contribution is -0.385. The first kappa shape index (κ1) is 17.4. The third-order valence-corrected chi connectivity index (χ3v) is 3.98. The predicted octanol–water partition coefficient (Wildman–Crippen LogP) is 2.14. The molecule has 8 heteroatoms. The van der Waals surface area contributed by atoms with Crippen LogP contribution >= 0.6 is 0 Å². The first-order valence-corrected chi connectivity index (χ1v) is 7.75. The van der Waals surface area contributed by atoms with Gasteiger partial charge in [-0.3, -0.25) is 24.5 Å². The van der Waals surface area contributed by atoms with Crippen LogP contribution in [0, 0.1) is 10.1 Å². The standard InChI is InChI=1S/C18H15N3O5/c1-19(2)10-15(22)11-5-3-6-12(9-11)20-17(23)13-7-4-8-14(21(25)26)16(13)18(20)24/h3-9H,10H2,1-2H3. The minimum absolute atomic E-state index is 0.0192. The molecule has 0 N–H and O–H groups in total. The second-order valence-corrected chi connectivity index (χ2v) is 6.11. The van der Waals surface area contributed by atoms with Gasteiger partial charge in [-0.05, 0) is 32.3 Å². The van der Waals surface area contributed by atoms with Crippen LogP contribution in [0.5, 0.6) is 0 Å². The second kappa shape index (κ2) is 6.49. The fourth-order valence-electron chi connectivity index (χ4n) is 2.85. The van der Waals surface area contributed by atoms with Gasteiger partial charge >= 0.3 is 0 Å². The van der Waals surface area contributed by atoms with E-state index in [1.165, 1.54) is 30.3 Å². The third kappa shape index (κ3) is 2.86. The molecule has 2 aromatic rings. The summed E-state index contributed by atoms with van der Waals surface area (Å²) in [5.41, 5.74) is -0.109. The van der Waals surface area contributed by atoms with E-state index in [2.05, 4.69) is 0 Å². The van der Waals surface area contributed by atoms with Crippen molar-refractivity contribution in [3.05, 3.63) is 69.3 Å². The van der Waals surface area contributed by atoms with Gasteiger partial charge in [-0.2, -0.15) is 0 Å². The van der Waals surface area contributed by atoms with Gasteiger partial charge in [0.05, 0.1) is 22.7 Å². The molecule has 1 aliphatic heterocycles. The molecule has 1 heterocycles. The molecule has 0 atom stereocenters. The van der Waals surface area contributed by atoms with Crippen molar-refractivity contribution in [2.75, 3.05) is 25.5 Å². The summed E-state index contributed by atoms with van der Waals surface area (Å²) in [6.45, 7) is 0.178. The van der Waals surface area contributed by atoms with E-state index in [0.29, 0.717) is 5.56 Å². The lowest BCUT2D eigenvalue weighted by Crippen LogP contribution is -2.30. The number of carbonyl (C=O) groups is 3. The quantitative estimate of drug-likeness (QED) is 0.353. The first-order chi connectivity index (χ1) is 12.3. The Kier molecular flexibility index (Phi) is 4.35. The Hall–Kier alpha value is -3.39. The van der Waals surface area contributed by atoms with Crippen LogP contribution in [0.3, 0.4) is 0 Å². The summed E-state index contributed by atoms with van der Waals surface area (Å²) >= 11 is 0. The molecule has 2 aromatic carbocycles. The maximum atomic E-state index is 12.7. The lowest BCUT2D eigenvalue weighted by Gasteiger charge is -2.15. The highest BCUT2D eigenvalue weighted by Crippen LogP contribution is 2.34. The fourth-order valence-corrected chi connectivity index (χ4v) is 2.85. The summed E-state index contributed by atoms with van der Waals surface area (Å²) in [4.78, 5) is 50.6. The van der Waals surface area contributed by atoms with Crippen LogP contribution in [0.1, 0.15) is 31.1 Å². The van der Waals surface area contributed by atoms with Gasteiger partial charge in [-0.15, -0.1) is 0 Å². The summed E-state index contributed by atoms with van der Waals surface area (Å²) < 4.78 is 0. The Morgan fingerprint density at radius 3 is 2.46 bits per heavy atom. The normalized spacial score (nSPS) is 13.3. The Labute approximate surface area is 148 Å². The van der Waals surface area contributed by atoms with Crippen molar-refractivity contribution < 1.29 is 19.3 Å². The maximum absolute atomic E-state index is 12.7. The summed E-state index contributed by atoms with van der Waals surface area (Å²) in [6.07, 6.45) is 0. The van der Waals surface area contributed by atoms with Gasteiger partial charge in [0.15, 0.2) is 5.78 Å². The van der Waals surface area contributed by atoms with E-state index in [1.807, 2.05) is 0 Å². The zero-order valence-corrected chi connectivity index (χ0v) is 14.1. The van der Waals surface area contributed by atoms with Gasteiger partial charge < -0.3 is 4.90 Å². The number of carbonyl (C=O) groups excluding carboxylic acids is 3. The molecule has 2 amide bonds. The van der Waals surface area contributed by atoms with E-state index < -0.39 is 22.4 Å². The zero-order chi connectivity index (χ0) is 19.0. The van der Waals surface area contributed by atoms with Crippen molar-refractivity contribution >= 4 is 29.0 Å². The number of imide groups is 1. The van der Waals surface area contributed by atoms with Gasteiger partial charge in [-0.25, -0.2) is 4.90 Å². The van der Waals surface area contributed by atoms with Gasteiger partial charge in [0.2, 0.25) is 0 Å². The summed E-state index contributed by atoms with van der Waals surface area (Å²) in [6, 6.07) is 10.0. The number of rotatable bonds is 5. The SMILES string of the molecule is CN(C)CC(=O)c1cccc(N2C(=O)c3cccc([N+](=O)[O-])c3C2=O)c1. The van der Waals surface area contributed by atoms with E-state index in [-0.39, 0.29) is 29.1 Å². The van der Waals surface area contributed by atoms with E-state index in [4.69, 9.17) is 0 Å². The van der Waals surface area contributed by atoms with Gasteiger partial charge in [0.25, 0.3) is 17.5 Å². The molecule has 3 rings (SSSR count). The molecule has 0 aliphatic carbocycles. The van der Waals surface area contributed by atoms with Crippen LogP contribution in [0.2, 0.25) is 0 Å². The van der Waals surface area contributed by atoms with Crippen molar-refractivity contribution in [2.45, 2.75) is 0 Å². The van der Waals surface area contributed by atoms with Crippen molar-refractivity contribution in [3.63, 3.8) is 0 Å². The number of nitro groups is 1. The van der Waals surface area contributed by atoms with Crippen LogP contribution in [-0.2, 0) is 0 Å². The summed E-state index contributed by atoms with van der Waals surface area (Å²) in [5, 5.41) is 11.2. The molecular formula is C18H15N3O5. The number of hydrogen-bond donors (Lipinski definition) is 0. The minimum atomic E-state index is -0.769. The number of Topliss-reactive ketones (excluding diaryl/α,β-unsaturated/α-hetero) is 1. The molecule has 0 unspecified atom stereocenters. The van der Waals surface area contributed by atoms with Crippen LogP contribution in [0.25, 0.3) is 0 Å². The van der Waals surface area contributed by atoms with Crippen molar-refractivity contribution in [1.82, 2.24) is 4.90 Å². The molecule has 0 bridgehead atoms. The molecular weight excluding hydrogens is 338 g/mol. The second-order valence-electron chi connectivity index (χ2n) is 6.11. The molecule has 0 saturated heterocycles. The molecule has 0 saturated carbocycles. The van der Waals surface area contributed by atoms with E-state index >= 15 is 0 Å². The molecule has 0 spiro atoms. The van der Waals surface area contributed by atoms with E-state index in [0.717, 1.165) is 4.90 Å². The highest BCUT2D eigenvalue weighted by molar-refractivity contribution is 6.35. The Morgan fingerprint density at radius 2 is 1.81 bits per heavy atom. The number of ketones is 1. The number of nitro benzene ring substituents is 1. The maximum Gasteiger partial charge on any atom is 0.283 e. The van der Waals surface area contributed by atoms with Gasteiger partial charge in [0.1, 0.15) is 5.56 Å². The van der Waals surface area contributed by atoms with Gasteiger partial charge in [0, 0.05) is 11.6 Å². The molecule has 8 nitrogen and oxygen atoms in total. The third-order valence-electron chi connectivity index (χ3n) is 3.98. The number of fused-ring (bicyclic) bond motifs is 1. The zero-order valence-electron chi connectivity index (χ0n) is 14.1. The van der Waals surface area contributed by atoms with Crippen molar-refractivity contribution in [3.8, 4) is 0 Å². The van der Waals surface area contributed by atoms with E-state index in [1.54, 1.807) is 31.1 Å². The van der Waals surface area contributed by atoms with Crippen molar-refractivity contribution in [2.24, 2.45) is 0 Å².